The van der Waals surface area contributed by atoms with Gasteiger partial charge in [0.2, 0.25) is 0 Å². The van der Waals surface area contributed by atoms with E-state index in [0.29, 0.717) is 6.04 Å². The van der Waals surface area contributed by atoms with Crippen LogP contribution in [0, 0.1) is 36.5 Å². The summed E-state index contributed by atoms with van der Waals surface area (Å²) in [7, 11) is 0. The lowest BCUT2D eigenvalue weighted by Crippen LogP contribution is -2.25. The molecule has 2 heteroatoms. The van der Waals surface area contributed by atoms with E-state index in [1.54, 1.807) is 11.3 Å². The van der Waals surface area contributed by atoms with Crippen LogP contribution in [0.1, 0.15) is 48.4 Å². The maximum Gasteiger partial charge on any atom is 0.0449 e. The van der Waals surface area contributed by atoms with Gasteiger partial charge in [-0.2, -0.15) is 0 Å². The van der Waals surface area contributed by atoms with Gasteiger partial charge in [-0.3, -0.25) is 0 Å². The Kier molecular flexibility index (Phi) is 3.00. The van der Waals surface area contributed by atoms with E-state index in [9.17, 15) is 0 Å². The maximum atomic E-state index is 3.87. The van der Waals surface area contributed by atoms with Crippen molar-refractivity contribution in [1.29, 1.82) is 0 Å². The summed E-state index contributed by atoms with van der Waals surface area (Å²) in [6, 6.07) is 5.34. The van der Waals surface area contributed by atoms with Gasteiger partial charge in [-0.25, -0.2) is 0 Å². The molecule has 5 atom stereocenters. The lowest BCUT2D eigenvalue weighted by atomic mass is 9.96. The molecule has 1 aromatic heterocycles. The van der Waals surface area contributed by atoms with Crippen LogP contribution in [0.4, 0.5) is 0 Å². The number of aryl methyl sites for hydroxylation is 1. The second kappa shape index (κ2) is 4.60. The van der Waals surface area contributed by atoms with Crippen molar-refractivity contribution in [2.45, 2.75) is 45.6 Å². The first-order chi connectivity index (χ1) is 9.29. The Morgan fingerprint density at radius 1 is 1.26 bits per heavy atom. The highest BCUT2D eigenvalue weighted by Crippen LogP contribution is 2.72. The molecule has 3 aliphatic rings. The van der Waals surface area contributed by atoms with E-state index < -0.39 is 0 Å². The molecular formula is C17H25NS. The minimum absolute atomic E-state index is 0.664. The average molecular weight is 275 g/mol. The summed E-state index contributed by atoms with van der Waals surface area (Å²) in [6.07, 6.45) is 5.88. The summed E-state index contributed by atoms with van der Waals surface area (Å²) in [5.74, 6) is 5.31. The molecule has 1 N–H and O–H groups in total. The number of thiophene rings is 1. The summed E-state index contributed by atoms with van der Waals surface area (Å²) < 4.78 is 0. The van der Waals surface area contributed by atoms with Crippen molar-refractivity contribution < 1.29 is 0 Å². The van der Waals surface area contributed by atoms with Gasteiger partial charge in [-0.15, -0.1) is 11.3 Å². The molecule has 4 rings (SSSR count). The number of nitrogens with one attached hydrogen (secondary N) is 1. The summed E-state index contributed by atoms with van der Waals surface area (Å²) in [5, 5.41) is 3.87. The molecule has 0 spiro atoms. The maximum absolute atomic E-state index is 3.87. The van der Waals surface area contributed by atoms with E-state index in [0.717, 1.165) is 29.6 Å². The predicted molar refractivity (Wildman–Crippen MR) is 81.4 cm³/mol. The van der Waals surface area contributed by atoms with Gasteiger partial charge in [-0.1, -0.05) is 6.92 Å². The largest absolute Gasteiger partial charge is 0.309 e. The lowest BCUT2D eigenvalue weighted by molar-refractivity contribution is 0.374. The SMILES string of the molecule is CCCNC(c1ccc(C)s1)C1C2C3CCC(C3)C21. The fourth-order valence-corrected chi connectivity index (χ4v) is 6.20. The zero-order valence-corrected chi connectivity index (χ0v) is 12.9. The van der Waals surface area contributed by atoms with Crippen molar-refractivity contribution in [2.75, 3.05) is 6.54 Å². The summed E-state index contributed by atoms with van der Waals surface area (Å²) in [5.41, 5.74) is 0. The van der Waals surface area contributed by atoms with Gasteiger partial charge < -0.3 is 5.32 Å². The van der Waals surface area contributed by atoms with Crippen LogP contribution in [0.2, 0.25) is 0 Å². The molecule has 19 heavy (non-hydrogen) atoms. The highest BCUT2D eigenvalue weighted by atomic mass is 32.1. The van der Waals surface area contributed by atoms with Gasteiger partial charge >= 0.3 is 0 Å². The Labute approximate surface area is 120 Å². The number of hydrogen-bond donors (Lipinski definition) is 1. The van der Waals surface area contributed by atoms with Crippen molar-refractivity contribution in [2.24, 2.45) is 29.6 Å². The molecule has 1 heterocycles. The van der Waals surface area contributed by atoms with Crippen LogP contribution in [-0.2, 0) is 0 Å². The highest BCUT2D eigenvalue weighted by molar-refractivity contribution is 7.12. The van der Waals surface area contributed by atoms with Gasteiger partial charge in [0, 0.05) is 15.8 Å². The molecule has 104 valence electrons. The number of fused-ring (bicyclic) bond motifs is 5. The first-order valence-corrected chi connectivity index (χ1v) is 8.91. The van der Waals surface area contributed by atoms with Crippen molar-refractivity contribution in [1.82, 2.24) is 5.32 Å². The van der Waals surface area contributed by atoms with E-state index in [1.807, 2.05) is 11.3 Å². The first kappa shape index (κ1) is 12.4. The molecule has 3 aliphatic carbocycles. The molecule has 5 unspecified atom stereocenters. The van der Waals surface area contributed by atoms with Gasteiger partial charge in [0.15, 0.2) is 0 Å². The molecule has 0 aromatic carbocycles. The zero-order chi connectivity index (χ0) is 13.0. The molecule has 0 aliphatic heterocycles. The van der Waals surface area contributed by atoms with Gasteiger partial charge in [-0.05, 0) is 80.9 Å². The standard InChI is InChI=1S/C17H25NS/c1-3-8-18-17(13-7-4-10(2)19-13)16-14-11-5-6-12(9-11)15(14)16/h4,7,11-12,14-18H,3,5-6,8-9H2,1-2H3. The normalized spacial score (nSPS) is 40.4. The molecule has 2 bridgehead atoms. The van der Waals surface area contributed by atoms with Crippen molar-refractivity contribution in [3.05, 3.63) is 21.9 Å². The zero-order valence-electron chi connectivity index (χ0n) is 12.1. The minimum Gasteiger partial charge on any atom is -0.309 e. The van der Waals surface area contributed by atoms with Crippen molar-refractivity contribution in [3.63, 3.8) is 0 Å². The highest BCUT2D eigenvalue weighted by Gasteiger charge is 2.66. The van der Waals surface area contributed by atoms with Crippen LogP contribution in [0.15, 0.2) is 12.1 Å². The number of rotatable bonds is 5. The van der Waals surface area contributed by atoms with Crippen molar-refractivity contribution in [3.8, 4) is 0 Å². The topological polar surface area (TPSA) is 12.0 Å². The Hall–Kier alpha value is -0.340. The molecule has 3 saturated carbocycles. The van der Waals surface area contributed by atoms with Crippen LogP contribution < -0.4 is 5.32 Å². The Morgan fingerprint density at radius 3 is 2.58 bits per heavy atom. The lowest BCUT2D eigenvalue weighted by Gasteiger charge is -2.21. The number of hydrogen-bond acceptors (Lipinski definition) is 2. The van der Waals surface area contributed by atoms with Crippen LogP contribution in [0.3, 0.4) is 0 Å². The summed E-state index contributed by atoms with van der Waals surface area (Å²) >= 11 is 2.01. The van der Waals surface area contributed by atoms with Gasteiger partial charge in [0.1, 0.15) is 0 Å². The summed E-state index contributed by atoms with van der Waals surface area (Å²) in [6.45, 7) is 5.69. The van der Waals surface area contributed by atoms with Crippen LogP contribution in [-0.4, -0.2) is 6.54 Å². The second-order valence-corrected chi connectivity index (χ2v) is 8.26. The van der Waals surface area contributed by atoms with Crippen LogP contribution in [0.25, 0.3) is 0 Å². The van der Waals surface area contributed by atoms with E-state index >= 15 is 0 Å². The Bertz CT molecular complexity index is 450. The molecule has 1 nitrogen and oxygen atoms in total. The van der Waals surface area contributed by atoms with E-state index in [-0.39, 0.29) is 0 Å². The third-order valence-corrected chi connectivity index (χ3v) is 6.95. The monoisotopic (exact) mass is 275 g/mol. The molecule has 3 fully saturated rings. The van der Waals surface area contributed by atoms with Gasteiger partial charge in [0.25, 0.3) is 0 Å². The third-order valence-electron chi connectivity index (χ3n) is 5.86. The average Bonchev–Trinajstić information content (AvgIpc) is 2.78. The predicted octanol–water partition coefficient (Wildman–Crippen LogP) is 4.39. The fraction of sp³-hybridized carbons (Fsp3) is 0.765. The fourth-order valence-electron chi connectivity index (χ4n) is 5.19. The van der Waals surface area contributed by atoms with E-state index in [2.05, 4.69) is 31.3 Å². The van der Waals surface area contributed by atoms with E-state index in [1.165, 1.54) is 30.7 Å². The minimum atomic E-state index is 0.664. The Balaban J connectivity index is 1.55. The van der Waals surface area contributed by atoms with Gasteiger partial charge in [0.05, 0.1) is 0 Å². The second-order valence-electron chi connectivity index (χ2n) is 6.95. The molecule has 0 radical (unpaired) electrons. The van der Waals surface area contributed by atoms with Crippen LogP contribution in [0.5, 0.6) is 0 Å². The quantitative estimate of drug-likeness (QED) is 0.840. The molecular weight excluding hydrogens is 250 g/mol. The molecule has 0 amide bonds. The third kappa shape index (κ3) is 1.91. The molecule has 0 saturated heterocycles. The Morgan fingerprint density at radius 2 is 2.00 bits per heavy atom. The first-order valence-electron chi connectivity index (χ1n) is 8.09. The van der Waals surface area contributed by atoms with Crippen LogP contribution >= 0.6 is 11.3 Å². The molecule has 1 aromatic rings. The summed E-state index contributed by atoms with van der Waals surface area (Å²) in [4.78, 5) is 3.07. The van der Waals surface area contributed by atoms with E-state index in [4.69, 9.17) is 0 Å². The van der Waals surface area contributed by atoms with Crippen molar-refractivity contribution >= 4 is 11.3 Å². The smallest absolute Gasteiger partial charge is 0.0449 e.